The summed E-state index contributed by atoms with van der Waals surface area (Å²) in [4.78, 5) is 22.3. The number of allylic oxidation sites excluding steroid dienone is 4. The number of rotatable bonds is 23. The fourth-order valence-corrected chi connectivity index (χ4v) is 3.56. The van der Waals surface area contributed by atoms with Gasteiger partial charge in [0.1, 0.15) is 5.78 Å². The minimum atomic E-state index is -0.710. The number of hydrogen-bond donors (Lipinski definition) is 1. The third-order valence-electron chi connectivity index (χ3n) is 5.50. The van der Waals surface area contributed by atoms with Gasteiger partial charge in [0.05, 0.1) is 0 Å². The van der Waals surface area contributed by atoms with Crippen LogP contribution in [0.4, 0.5) is 0 Å². The first-order valence-corrected chi connectivity index (χ1v) is 12.7. The Morgan fingerprint density at radius 1 is 0.567 bits per heavy atom. The third kappa shape index (κ3) is 24.7. The maximum atomic E-state index is 11.9. The molecule has 0 saturated heterocycles. The summed E-state index contributed by atoms with van der Waals surface area (Å²) in [5.41, 5.74) is 0. The first-order chi connectivity index (χ1) is 14.7. The Labute approximate surface area is 186 Å². The van der Waals surface area contributed by atoms with Gasteiger partial charge in [-0.3, -0.25) is 9.59 Å². The largest absolute Gasteiger partial charge is 0.481 e. The SMILES string of the molecule is CCCCCC=CCC=CCCCCCCCCC(=O)CCCCCCCC(=O)O. The molecule has 174 valence electrons. The Morgan fingerprint density at radius 3 is 1.50 bits per heavy atom. The lowest BCUT2D eigenvalue weighted by atomic mass is 10.0. The summed E-state index contributed by atoms with van der Waals surface area (Å²) in [6.07, 6.45) is 30.5. The maximum Gasteiger partial charge on any atom is 0.303 e. The van der Waals surface area contributed by atoms with Crippen molar-refractivity contribution in [2.24, 2.45) is 0 Å². The first-order valence-electron chi connectivity index (χ1n) is 12.7. The average molecular weight is 421 g/mol. The van der Waals surface area contributed by atoms with E-state index in [1.165, 1.54) is 64.2 Å². The van der Waals surface area contributed by atoms with Gasteiger partial charge in [-0.15, -0.1) is 0 Å². The summed E-state index contributed by atoms with van der Waals surface area (Å²) in [6, 6.07) is 0. The molecule has 1 N–H and O–H groups in total. The Hall–Kier alpha value is -1.38. The Bertz CT molecular complexity index is 451. The fourth-order valence-electron chi connectivity index (χ4n) is 3.56. The van der Waals surface area contributed by atoms with Crippen LogP contribution in [-0.2, 0) is 9.59 Å². The number of carbonyl (C=O) groups is 2. The minimum Gasteiger partial charge on any atom is -0.481 e. The standard InChI is InChI=1S/C27H48O3/c1-2-3-4-5-6-7-8-9-10-11-12-13-14-15-17-20-23-26(28)24-21-18-16-19-22-25-27(29)30/h6-7,9-10H,2-5,8,11-25H2,1H3,(H,29,30). The highest BCUT2D eigenvalue weighted by atomic mass is 16.4. The molecule has 0 spiro atoms. The molecule has 0 aliphatic heterocycles. The normalized spacial score (nSPS) is 11.6. The monoisotopic (exact) mass is 420 g/mol. The van der Waals surface area contributed by atoms with Crippen LogP contribution in [0, 0.1) is 0 Å². The molecular weight excluding hydrogens is 372 g/mol. The molecular formula is C27H48O3. The molecule has 0 radical (unpaired) electrons. The highest BCUT2D eigenvalue weighted by Gasteiger charge is 2.02. The molecule has 0 saturated carbocycles. The number of hydrogen-bond acceptors (Lipinski definition) is 2. The molecule has 0 heterocycles. The number of carboxylic acids is 1. The van der Waals surface area contributed by atoms with Gasteiger partial charge in [-0.2, -0.15) is 0 Å². The fraction of sp³-hybridized carbons (Fsp3) is 0.778. The van der Waals surface area contributed by atoms with E-state index in [4.69, 9.17) is 5.11 Å². The van der Waals surface area contributed by atoms with Crippen molar-refractivity contribution in [2.45, 2.75) is 135 Å². The van der Waals surface area contributed by atoms with Crippen molar-refractivity contribution in [3.63, 3.8) is 0 Å². The molecule has 0 bridgehead atoms. The summed E-state index contributed by atoms with van der Waals surface area (Å²) in [7, 11) is 0. The van der Waals surface area contributed by atoms with Gasteiger partial charge in [0.2, 0.25) is 0 Å². The third-order valence-corrected chi connectivity index (χ3v) is 5.50. The molecule has 0 fully saturated rings. The molecule has 3 nitrogen and oxygen atoms in total. The zero-order valence-corrected chi connectivity index (χ0v) is 19.7. The molecule has 0 amide bonds. The quantitative estimate of drug-likeness (QED) is 0.133. The van der Waals surface area contributed by atoms with Gasteiger partial charge >= 0.3 is 5.97 Å². The van der Waals surface area contributed by atoms with Gasteiger partial charge in [-0.05, 0) is 51.4 Å². The van der Waals surface area contributed by atoms with Crippen molar-refractivity contribution in [1.82, 2.24) is 0 Å². The van der Waals surface area contributed by atoms with Crippen molar-refractivity contribution in [3.05, 3.63) is 24.3 Å². The average Bonchev–Trinajstić information content (AvgIpc) is 2.72. The van der Waals surface area contributed by atoms with Gasteiger partial charge in [0, 0.05) is 19.3 Å². The number of carbonyl (C=O) groups excluding carboxylic acids is 1. The topological polar surface area (TPSA) is 54.4 Å². The van der Waals surface area contributed by atoms with Crippen molar-refractivity contribution in [3.8, 4) is 0 Å². The van der Waals surface area contributed by atoms with E-state index in [0.29, 0.717) is 12.2 Å². The summed E-state index contributed by atoms with van der Waals surface area (Å²) < 4.78 is 0. The summed E-state index contributed by atoms with van der Waals surface area (Å²) in [5, 5.41) is 8.58. The number of unbranched alkanes of at least 4 members (excludes halogenated alkanes) is 13. The maximum absolute atomic E-state index is 11.9. The van der Waals surface area contributed by atoms with Crippen LogP contribution in [-0.4, -0.2) is 16.9 Å². The molecule has 0 unspecified atom stereocenters. The second kappa shape index (κ2) is 23.9. The summed E-state index contributed by atoms with van der Waals surface area (Å²) in [5.74, 6) is -0.302. The van der Waals surface area contributed by atoms with E-state index < -0.39 is 5.97 Å². The van der Waals surface area contributed by atoms with Gasteiger partial charge in [0.15, 0.2) is 0 Å². The van der Waals surface area contributed by atoms with Crippen molar-refractivity contribution in [1.29, 1.82) is 0 Å². The van der Waals surface area contributed by atoms with E-state index in [9.17, 15) is 9.59 Å². The summed E-state index contributed by atoms with van der Waals surface area (Å²) >= 11 is 0. The van der Waals surface area contributed by atoms with Crippen LogP contribution < -0.4 is 0 Å². The number of aliphatic carboxylic acids is 1. The second-order valence-corrected chi connectivity index (χ2v) is 8.53. The Kier molecular flexibility index (Phi) is 22.8. The molecule has 30 heavy (non-hydrogen) atoms. The molecule has 0 aromatic heterocycles. The predicted octanol–water partition coefficient (Wildman–Crippen LogP) is 8.57. The number of carboxylic acid groups (broad SMARTS) is 1. The molecule has 0 aliphatic rings. The van der Waals surface area contributed by atoms with Gasteiger partial charge < -0.3 is 5.11 Å². The van der Waals surface area contributed by atoms with E-state index >= 15 is 0 Å². The zero-order valence-electron chi connectivity index (χ0n) is 19.7. The number of ketones is 1. The van der Waals surface area contributed by atoms with E-state index in [2.05, 4.69) is 31.2 Å². The summed E-state index contributed by atoms with van der Waals surface area (Å²) in [6.45, 7) is 2.24. The highest BCUT2D eigenvalue weighted by Crippen LogP contribution is 2.12. The molecule has 0 aliphatic carbocycles. The Morgan fingerprint density at radius 2 is 1.00 bits per heavy atom. The molecule has 0 aromatic carbocycles. The van der Waals surface area contributed by atoms with Crippen molar-refractivity contribution >= 4 is 11.8 Å². The van der Waals surface area contributed by atoms with Crippen LogP contribution in [0.25, 0.3) is 0 Å². The zero-order chi connectivity index (χ0) is 22.1. The van der Waals surface area contributed by atoms with Crippen LogP contribution in [0.2, 0.25) is 0 Å². The lowest BCUT2D eigenvalue weighted by Crippen LogP contribution is -1.98. The molecule has 3 heteroatoms. The molecule has 0 rings (SSSR count). The molecule has 0 aromatic rings. The van der Waals surface area contributed by atoms with Crippen LogP contribution >= 0.6 is 0 Å². The van der Waals surface area contributed by atoms with E-state index in [0.717, 1.165) is 51.4 Å². The van der Waals surface area contributed by atoms with Gasteiger partial charge in [-0.1, -0.05) is 89.0 Å². The lowest BCUT2D eigenvalue weighted by Gasteiger charge is -2.03. The Balaban J connectivity index is 3.26. The van der Waals surface area contributed by atoms with E-state index in [-0.39, 0.29) is 6.42 Å². The highest BCUT2D eigenvalue weighted by molar-refractivity contribution is 5.78. The van der Waals surface area contributed by atoms with Crippen LogP contribution in [0.3, 0.4) is 0 Å². The predicted molar refractivity (Wildman–Crippen MR) is 129 cm³/mol. The first kappa shape index (κ1) is 28.6. The molecule has 0 atom stereocenters. The second-order valence-electron chi connectivity index (χ2n) is 8.53. The van der Waals surface area contributed by atoms with Crippen molar-refractivity contribution in [2.75, 3.05) is 0 Å². The van der Waals surface area contributed by atoms with Crippen LogP contribution in [0.15, 0.2) is 24.3 Å². The van der Waals surface area contributed by atoms with Crippen molar-refractivity contribution < 1.29 is 14.7 Å². The van der Waals surface area contributed by atoms with Gasteiger partial charge in [0.25, 0.3) is 0 Å². The van der Waals surface area contributed by atoms with E-state index in [1.54, 1.807) is 0 Å². The lowest BCUT2D eigenvalue weighted by molar-refractivity contribution is -0.137. The van der Waals surface area contributed by atoms with E-state index in [1.807, 2.05) is 0 Å². The van der Waals surface area contributed by atoms with Crippen LogP contribution in [0.1, 0.15) is 135 Å². The number of Topliss-reactive ketones (excluding diaryl/α,β-unsaturated/α-hetero) is 1. The van der Waals surface area contributed by atoms with Crippen LogP contribution in [0.5, 0.6) is 0 Å². The minimum absolute atomic E-state index is 0.270. The smallest absolute Gasteiger partial charge is 0.303 e. The van der Waals surface area contributed by atoms with Gasteiger partial charge in [-0.25, -0.2) is 0 Å².